The molecule has 0 atom stereocenters. The average Bonchev–Trinajstić information content (AvgIpc) is 2.69. The molecule has 0 radical (unpaired) electrons. The van der Waals surface area contributed by atoms with Crippen LogP contribution in [0.1, 0.15) is 40.0 Å². The van der Waals surface area contributed by atoms with Crippen molar-refractivity contribution in [3.8, 4) is 5.75 Å². The van der Waals surface area contributed by atoms with Gasteiger partial charge in [-0.1, -0.05) is 24.6 Å². The SMILES string of the molecule is NC(=O)c1cccc(OC(=O)c2ccccc2S(=O)(=O)N2CCCCC2)c1. The highest BCUT2D eigenvalue weighted by atomic mass is 32.2. The molecule has 142 valence electrons. The Hall–Kier alpha value is -2.71. The van der Waals surface area contributed by atoms with Crippen molar-refractivity contribution in [2.75, 3.05) is 13.1 Å². The van der Waals surface area contributed by atoms with Gasteiger partial charge in [0, 0.05) is 18.7 Å². The smallest absolute Gasteiger partial charge is 0.344 e. The molecule has 8 heteroatoms. The lowest BCUT2D eigenvalue weighted by molar-refractivity contribution is 0.0729. The summed E-state index contributed by atoms with van der Waals surface area (Å²) >= 11 is 0. The molecule has 1 saturated heterocycles. The van der Waals surface area contributed by atoms with Crippen LogP contribution in [0.15, 0.2) is 53.4 Å². The van der Waals surface area contributed by atoms with Crippen molar-refractivity contribution >= 4 is 21.9 Å². The number of benzene rings is 2. The number of amides is 1. The second kappa shape index (κ2) is 7.89. The standard InChI is InChI=1S/C19H20N2O5S/c20-18(22)14-7-6-8-15(13-14)26-19(23)16-9-2-3-10-17(16)27(24,25)21-11-4-1-5-12-21/h2-3,6-10,13H,1,4-5,11-12H2,(H2,20,22). The first kappa shape index (κ1) is 19.1. The van der Waals surface area contributed by atoms with Crippen LogP contribution < -0.4 is 10.5 Å². The van der Waals surface area contributed by atoms with Crippen LogP contribution in [0.3, 0.4) is 0 Å². The first-order valence-electron chi connectivity index (χ1n) is 8.61. The fourth-order valence-corrected chi connectivity index (χ4v) is 4.68. The third-order valence-corrected chi connectivity index (χ3v) is 6.33. The molecule has 1 aliphatic heterocycles. The minimum Gasteiger partial charge on any atom is -0.423 e. The molecular weight excluding hydrogens is 368 g/mol. The highest BCUT2D eigenvalue weighted by molar-refractivity contribution is 7.89. The maximum Gasteiger partial charge on any atom is 0.344 e. The topological polar surface area (TPSA) is 107 Å². The van der Waals surface area contributed by atoms with Crippen LogP contribution in [0, 0.1) is 0 Å². The number of hydrogen-bond acceptors (Lipinski definition) is 5. The number of nitrogens with two attached hydrogens (primary N) is 1. The van der Waals surface area contributed by atoms with Crippen LogP contribution in [-0.2, 0) is 10.0 Å². The third-order valence-electron chi connectivity index (χ3n) is 4.37. The van der Waals surface area contributed by atoms with Crippen molar-refractivity contribution in [2.45, 2.75) is 24.2 Å². The van der Waals surface area contributed by atoms with Crippen molar-refractivity contribution in [3.63, 3.8) is 0 Å². The Morgan fingerprint density at radius 3 is 2.37 bits per heavy atom. The maximum atomic E-state index is 13.0. The highest BCUT2D eigenvalue weighted by Gasteiger charge is 2.30. The van der Waals surface area contributed by atoms with Crippen LogP contribution in [0.25, 0.3) is 0 Å². The molecule has 1 fully saturated rings. The van der Waals surface area contributed by atoms with E-state index in [0.29, 0.717) is 13.1 Å². The summed E-state index contributed by atoms with van der Waals surface area (Å²) in [4.78, 5) is 23.8. The van der Waals surface area contributed by atoms with Crippen LogP contribution in [0.4, 0.5) is 0 Å². The van der Waals surface area contributed by atoms with Gasteiger partial charge in [0.15, 0.2) is 0 Å². The van der Waals surface area contributed by atoms with E-state index >= 15 is 0 Å². The van der Waals surface area contributed by atoms with Crippen molar-refractivity contribution in [1.82, 2.24) is 4.31 Å². The summed E-state index contributed by atoms with van der Waals surface area (Å²) in [5.74, 6) is -1.35. The third kappa shape index (κ3) is 4.17. The Bertz CT molecular complexity index is 966. The molecule has 0 unspecified atom stereocenters. The number of sulfonamides is 1. The molecule has 1 amide bonds. The number of primary amides is 1. The van der Waals surface area contributed by atoms with E-state index < -0.39 is 21.9 Å². The van der Waals surface area contributed by atoms with Gasteiger partial charge in [-0.05, 0) is 43.2 Å². The predicted molar refractivity (Wildman–Crippen MR) is 99.0 cm³/mol. The van der Waals surface area contributed by atoms with Crippen LogP contribution >= 0.6 is 0 Å². The number of nitrogens with zero attached hydrogens (tertiary/aromatic N) is 1. The summed E-state index contributed by atoms with van der Waals surface area (Å²) in [6.07, 6.45) is 2.59. The number of carbonyl (C=O) groups excluding carboxylic acids is 2. The number of piperidine rings is 1. The fourth-order valence-electron chi connectivity index (χ4n) is 2.98. The summed E-state index contributed by atoms with van der Waals surface area (Å²) in [5, 5.41) is 0. The molecule has 3 rings (SSSR count). The van der Waals surface area contributed by atoms with Crippen LogP contribution in [0.2, 0.25) is 0 Å². The van der Waals surface area contributed by atoms with Gasteiger partial charge in [-0.2, -0.15) is 4.31 Å². The van der Waals surface area contributed by atoms with E-state index in [9.17, 15) is 18.0 Å². The zero-order valence-electron chi connectivity index (χ0n) is 14.6. The maximum absolute atomic E-state index is 13.0. The van der Waals surface area contributed by atoms with Crippen molar-refractivity contribution in [1.29, 1.82) is 0 Å². The molecule has 0 aliphatic carbocycles. The largest absolute Gasteiger partial charge is 0.423 e. The Labute approximate surface area is 157 Å². The molecule has 2 aromatic rings. The van der Waals surface area contributed by atoms with Gasteiger partial charge in [-0.3, -0.25) is 4.79 Å². The van der Waals surface area contributed by atoms with Gasteiger partial charge in [0.2, 0.25) is 15.9 Å². The number of carbonyl (C=O) groups is 2. The minimum atomic E-state index is -3.79. The van der Waals surface area contributed by atoms with Crippen molar-refractivity contribution in [3.05, 3.63) is 59.7 Å². The predicted octanol–water partition coefficient (Wildman–Crippen LogP) is 2.18. The van der Waals surface area contributed by atoms with Gasteiger partial charge in [0.1, 0.15) is 5.75 Å². The van der Waals surface area contributed by atoms with E-state index in [1.54, 1.807) is 12.1 Å². The van der Waals surface area contributed by atoms with Gasteiger partial charge in [-0.25, -0.2) is 13.2 Å². The molecule has 1 aliphatic rings. The first-order chi connectivity index (χ1) is 12.9. The zero-order chi connectivity index (χ0) is 19.4. The van der Waals surface area contributed by atoms with Crippen molar-refractivity contribution < 1.29 is 22.7 Å². The molecule has 7 nitrogen and oxygen atoms in total. The van der Waals surface area contributed by atoms with E-state index in [0.717, 1.165) is 19.3 Å². The van der Waals surface area contributed by atoms with E-state index in [1.807, 2.05) is 0 Å². The zero-order valence-corrected chi connectivity index (χ0v) is 15.4. The fraction of sp³-hybridized carbons (Fsp3) is 0.263. The number of hydrogen-bond donors (Lipinski definition) is 1. The van der Waals surface area contributed by atoms with E-state index in [4.69, 9.17) is 10.5 Å². The Kier molecular flexibility index (Phi) is 5.57. The Morgan fingerprint density at radius 2 is 1.67 bits per heavy atom. The second-order valence-corrected chi connectivity index (χ2v) is 8.15. The molecule has 0 spiro atoms. The Morgan fingerprint density at radius 1 is 0.963 bits per heavy atom. The highest BCUT2D eigenvalue weighted by Crippen LogP contribution is 2.25. The number of rotatable bonds is 5. The summed E-state index contributed by atoms with van der Waals surface area (Å²) in [6.45, 7) is 0.874. The van der Waals surface area contributed by atoms with Gasteiger partial charge in [-0.15, -0.1) is 0 Å². The Balaban J connectivity index is 1.90. The molecular formula is C19H20N2O5S. The normalized spacial score (nSPS) is 15.3. The van der Waals surface area contributed by atoms with E-state index in [1.165, 1.54) is 40.7 Å². The molecule has 2 aromatic carbocycles. The monoisotopic (exact) mass is 388 g/mol. The molecule has 0 bridgehead atoms. The second-order valence-electron chi connectivity index (χ2n) is 6.24. The summed E-state index contributed by atoms with van der Waals surface area (Å²) < 4.78 is 32.6. The lowest BCUT2D eigenvalue weighted by atomic mass is 10.2. The summed E-state index contributed by atoms with van der Waals surface area (Å²) in [6, 6.07) is 11.8. The molecule has 27 heavy (non-hydrogen) atoms. The number of esters is 1. The number of ether oxygens (including phenoxy) is 1. The summed E-state index contributed by atoms with van der Waals surface area (Å²) in [7, 11) is -3.79. The first-order valence-corrected chi connectivity index (χ1v) is 10.0. The van der Waals surface area contributed by atoms with Crippen molar-refractivity contribution in [2.24, 2.45) is 5.73 Å². The van der Waals surface area contributed by atoms with Gasteiger partial charge >= 0.3 is 5.97 Å². The van der Waals surface area contributed by atoms with Gasteiger partial charge in [0.05, 0.1) is 10.5 Å². The van der Waals surface area contributed by atoms with E-state index in [2.05, 4.69) is 0 Å². The molecule has 2 N–H and O–H groups in total. The van der Waals surface area contributed by atoms with Gasteiger partial charge < -0.3 is 10.5 Å². The quantitative estimate of drug-likeness (QED) is 0.624. The van der Waals surface area contributed by atoms with Crippen LogP contribution in [-0.4, -0.2) is 37.7 Å². The van der Waals surface area contributed by atoms with Gasteiger partial charge in [0.25, 0.3) is 0 Å². The van der Waals surface area contributed by atoms with Crippen LogP contribution in [0.5, 0.6) is 5.75 Å². The average molecular weight is 388 g/mol. The minimum absolute atomic E-state index is 0.0486. The van der Waals surface area contributed by atoms with E-state index in [-0.39, 0.29) is 21.8 Å². The summed E-state index contributed by atoms with van der Waals surface area (Å²) in [5.41, 5.74) is 5.36. The molecule has 0 aromatic heterocycles. The lowest BCUT2D eigenvalue weighted by Gasteiger charge is -2.26. The molecule has 1 heterocycles. The molecule has 0 saturated carbocycles. The lowest BCUT2D eigenvalue weighted by Crippen LogP contribution is -2.36.